The van der Waals surface area contributed by atoms with Gasteiger partial charge in [0.1, 0.15) is 18.2 Å². The van der Waals surface area contributed by atoms with Gasteiger partial charge in [-0.05, 0) is 35.7 Å². The lowest BCUT2D eigenvalue weighted by molar-refractivity contribution is -0.745. The molecular formula is C16H14N3O+. The lowest BCUT2D eigenvalue weighted by Crippen LogP contribution is -2.37. The van der Waals surface area contributed by atoms with E-state index >= 15 is 0 Å². The highest BCUT2D eigenvalue weighted by Gasteiger charge is 2.13. The van der Waals surface area contributed by atoms with Crippen molar-refractivity contribution in [2.45, 2.75) is 6.92 Å². The van der Waals surface area contributed by atoms with E-state index in [-0.39, 0.29) is 0 Å². The van der Waals surface area contributed by atoms with Gasteiger partial charge in [-0.15, -0.1) is 4.68 Å². The lowest BCUT2D eigenvalue weighted by Gasteiger charge is -2.05. The molecule has 0 radical (unpaired) electrons. The van der Waals surface area contributed by atoms with Gasteiger partial charge in [-0.1, -0.05) is 18.2 Å². The van der Waals surface area contributed by atoms with E-state index in [1.165, 1.54) is 0 Å². The molecule has 0 aliphatic heterocycles. The van der Waals surface area contributed by atoms with Gasteiger partial charge in [-0.25, -0.2) is 0 Å². The second kappa shape index (κ2) is 3.93. The van der Waals surface area contributed by atoms with Crippen molar-refractivity contribution in [1.29, 1.82) is 0 Å². The van der Waals surface area contributed by atoms with Crippen LogP contribution in [0, 0.1) is 6.92 Å². The average molecular weight is 264 g/mol. The maximum atomic E-state index is 5.90. The van der Waals surface area contributed by atoms with E-state index in [9.17, 15) is 0 Å². The summed E-state index contributed by atoms with van der Waals surface area (Å²) < 4.78 is 9.88. The number of para-hydroxylation sites is 1. The SMILES string of the molecule is Cc1cc2oc3ccccc3c2cc1-n1cnc[n+]1C. The standard InChI is InChI=1S/C16H14N3O/c1-11-7-16-13(12-5-3-4-6-15(12)20-16)8-14(11)19-10-17-9-18(19)2/h3-10H,1-2H3/q+1. The molecule has 2 aromatic carbocycles. The Morgan fingerprint density at radius 1 is 1.10 bits per heavy atom. The molecule has 0 bridgehead atoms. The number of rotatable bonds is 1. The highest BCUT2D eigenvalue weighted by atomic mass is 16.3. The summed E-state index contributed by atoms with van der Waals surface area (Å²) in [6.07, 6.45) is 3.60. The predicted octanol–water partition coefficient (Wildman–Crippen LogP) is 2.90. The normalized spacial score (nSPS) is 11.5. The molecule has 4 heteroatoms. The number of aromatic nitrogens is 3. The third-order valence-corrected chi connectivity index (χ3v) is 3.69. The van der Waals surface area contributed by atoms with Crippen LogP contribution in [0.2, 0.25) is 0 Å². The summed E-state index contributed by atoms with van der Waals surface area (Å²) >= 11 is 0. The Balaban J connectivity index is 2.10. The number of hydrogen-bond acceptors (Lipinski definition) is 2. The maximum absolute atomic E-state index is 5.90. The summed E-state index contributed by atoms with van der Waals surface area (Å²) in [6, 6.07) is 12.4. The minimum Gasteiger partial charge on any atom is -0.456 e. The Morgan fingerprint density at radius 3 is 2.75 bits per heavy atom. The average Bonchev–Trinajstić information content (AvgIpc) is 3.01. The van der Waals surface area contributed by atoms with Crippen molar-refractivity contribution in [3.63, 3.8) is 0 Å². The molecular weight excluding hydrogens is 250 g/mol. The zero-order valence-corrected chi connectivity index (χ0v) is 11.4. The molecule has 98 valence electrons. The smallest absolute Gasteiger partial charge is 0.306 e. The third kappa shape index (κ3) is 1.48. The minimum atomic E-state index is 0.925. The van der Waals surface area contributed by atoms with Gasteiger partial charge in [0, 0.05) is 10.8 Å². The van der Waals surface area contributed by atoms with Crippen molar-refractivity contribution in [3.8, 4) is 5.69 Å². The number of furan rings is 1. The van der Waals surface area contributed by atoms with Crippen molar-refractivity contribution in [2.75, 3.05) is 0 Å². The summed E-state index contributed by atoms with van der Waals surface area (Å²) in [6.45, 7) is 2.09. The topological polar surface area (TPSA) is 34.8 Å². The Kier molecular flexibility index (Phi) is 2.21. The second-order valence-corrected chi connectivity index (χ2v) is 5.03. The summed E-state index contributed by atoms with van der Waals surface area (Å²) in [5.41, 5.74) is 4.12. The molecule has 0 unspecified atom stereocenters. The van der Waals surface area contributed by atoms with Crippen LogP contribution < -0.4 is 4.68 Å². The molecule has 0 aliphatic carbocycles. The third-order valence-electron chi connectivity index (χ3n) is 3.69. The second-order valence-electron chi connectivity index (χ2n) is 5.03. The van der Waals surface area contributed by atoms with Gasteiger partial charge in [0.15, 0.2) is 0 Å². The first-order valence-corrected chi connectivity index (χ1v) is 6.54. The zero-order valence-electron chi connectivity index (χ0n) is 11.4. The van der Waals surface area contributed by atoms with E-state index in [2.05, 4.69) is 30.1 Å². The molecule has 0 fully saturated rings. The lowest BCUT2D eigenvalue weighted by atomic mass is 10.1. The molecule has 20 heavy (non-hydrogen) atoms. The van der Waals surface area contributed by atoms with Crippen LogP contribution >= 0.6 is 0 Å². The van der Waals surface area contributed by atoms with E-state index in [4.69, 9.17) is 4.42 Å². The number of benzene rings is 2. The van der Waals surface area contributed by atoms with Gasteiger partial charge < -0.3 is 4.42 Å². The molecule has 0 spiro atoms. The number of hydrogen-bond donors (Lipinski definition) is 0. The summed E-state index contributed by atoms with van der Waals surface area (Å²) in [7, 11) is 1.98. The van der Waals surface area contributed by atoms with E-state index in [1.54, 1.807) is 6.33 Å². The van der Waals surface area contributed by atoms with E-state index < -0.39 is 0 Å². The largest absolute Gasteiger partial charge is 0.456 e. The van der Waals surface area contributed by atoms with Crippen LogP contribution in [0.3, 0.4) is 0 Å². The van der Waals surface area contributed by atoms with E-state index in [1.807, 2.05) is 40.9 Å². The Bertz CT molecular complexity index is 933. The Morgan fingerprint density at radius 2 is 1.95 bits per heavy atom. The molecule has 0 saturated carbocycles. The first-order valence-electron chi connectivity index (χ1n) is 6.54. The van der Waals surface area contributed by atoms with Crippen LogP contribution in [-0.2, 0) is 7.05 Å². The van der Waals surface area contributed by atoms with Crippen LogP contribution in [0.5, 0.6) is 0 Å². The van der Waals surface area contributed by atoms with Crippen LogP contribution in [0.4, 0.5) is 0 Å². The van der Waals surface area contributed by atoms with Gasteiger partial charge in [-0.2, -0.15) is 4.68 Å². The van der Waals surface area contributed by atoms with Gasteiger partial charge in [0.25, 0.3) is 0 Å². The first-order chi connectivity index (χ1) is 9.74. The zero-order chi connectivity index (χ0) is 13.7. The molecule has 4 nitrogen and oxygen atoms in total. The van der Waals surface area contributed by atoms with Crippen molar-refractivity contribution >= 4 is 21.9 Å². The molecule has 2 aromatic heterocycles. The summed E-state index contributed by atoms with van der Waals surface area (Å²) in [5.74, 6) is 0. The van der Waals surface area contributed by atoms with Crippen molar-refractivity contribution in [3.05, 3.63) is 54.6 Å². The van der Waals surface area contributed by atoms with Gasteiger partial charge in [0.05, 0.1) is 5.69 Å². The molecule has 0 amide bonds. The van der Waals surface area contributed by atoms with E-state index in [0.29, 0.717) is 0 Å². The summed E-state index contributed by atoms with van der Waals surface area (Å²) in [4.78, 5) is 4.17. The quantitative estimate of drug-likeness (QED) is 0.495. The van der Waals surface area contributed by atoms with E-state index in [0.717, 1.165) is 33.2 Å². The van der Waals surface area contributed by atoms with Gasteiger partial charge in [-0.3, -0.25) is 0 Å². The highest BCUT2D eigenvalue weighted by Crippen LogP contribution is 2.31. The minimum absolute atomic E-state index is 0.925. The van der Waals surface area contributed by atoms with Gasteiger partial charge in [0.2, 0.25) is 6.33 Å². The molecule has 0 aliphatic rings. The fraction of sp³-hybridized carbons (Fsp3) is 0.125. The summed E-state index contributed by atoms with van der Waals surface area (Å²) in [5, 5.41) is 2.28. The van der Waals surface area contributed by atoms with Crippen LogP contribution in [0.15, 0.2) is 53.5 Å². The van der Waals surface area contributed by atoms with Crippen LogP contribution in [0.25, 0.3) is 27.6 Å². The van der Waals surface area contributed by atoms with Gasteiger partial charge >= 0.3 is 6.33 Å². The molecule has 0 atom stereocenters. The van der Waals surface area contributed by atoms with Crippen molar-refractivity contribution in [2.24, 2.45) is 7.05 Å². The number of fused-ring (bicyclic) bond motifs is 3. The molecule has 4 rings (SSSR count). The monoisotopic (exact) mass is 264 g/mol. The fourth-order valence-electron chi connectivity index (χ4n) is 2.67. The first kappa shape index (κ1) is 11.2. The molecule has 0 N–H and O–H groups in total. The Labute approximate surface area is 115 Å². The predicted molar refractivity (Wildman–Crippen MR) is 76.8 cm³/mol. The highest BCUT2D eigenvalue weighted by molar-refractivity contribution is 6.05. The maximum Gasteiger partial charge on any atom is 0.306 e. The number of nitrogens with zero attached hydrogens (tertiary/aromatic N) is 3. The molecule has 4 aromatic rings. The molecule has 2 heterocycles. The van der Waals surface area contributed by atoms with Crippen molar-refractivity contribution in [1.82, 2.24) is 9.67 Å². The van der Waals surface area contributed by atoms with Crippen LogP contribution in [0.1, 0.15) is 5.56 Å². The Hall–Kier alpha value is -2.62. The molecule has 0 saturated heterocycles. The van der Waals surface area contributed by atoms with Crippen molar-refractivity contribution < 1.29 is 9.10 Å². The number of aryl methyl sites for hydroxylation is 2. The van der Waals surface area contributed by atoms with Crippen LogP contribution in [-0.4, -0.2) is 9.67 Å². The fourth-order valence-corrected chi connectivity index (χ4v) is 2.67.